The lowest BCUT2D eigenvalue weighted by atomic mass is 10.1. The maximum absolute atomic E-state index is 12.4. The number of benzene rings is 1. The fourth-order valence-corrected chi connectivity index (χ4v) is 4.05. The van der Waals surface area contributed by atoms with Gasteiger partial charge in [0.05, 0.1) is 19.2 Å². The van der Waals surface area contributed by atoms with E-state index in [1.807, 2.05) is 58.8 Å². The number of piperazine rings is 1. The molecule has 1 saturated heterocycles. The highest BCUT2D eigenvalue weighted by Crippen LogP contribution is 2.28. The Labute approximate surface area is 168 Å². The summed E-state index contributed by atoms with van der Waals surface area (Å²) >= 11 is 1.63. The quantitative estimate of drug-likeness (QED) is 0.666. The second-order valence-corrected chi connectivity index (χ2v) is 7.63. The second-order valence-electron chi connectivity index (χ2n) is 6.60. The summed E-state index contributed by atoms with van der Waals surface area (Å²) in [6.07, 6.45) is 0.491. The molecule has 2 aromatic heterocycles. The van der Waals surface area contributed by atoms with Crippen LogP contribution in [0, 0.1) is 0 Å². The zero-order chi connectivity index (χ0) is 19.3. The lowest BCUT2D eigenvalue weighted by Crippen LogP contribution is -2.49. The van der Waals surface area contributed by atoms with Crippen molar-refractivity contribution in [1.82, 2.24) is 15.1 Å². The smallest absolute Gasteiger partial charge is 0.227 e. The van der Waals surface area contributed by atoms with Crippen LogP contribution in [-0.2, 0) is 11.2 Å². The number of carbonyl (C=O) groups is 1. The summed E-state index contributed by atoms with van der Waals surface area (Å²) in [6.45, 7) is 2.94. The average molecular weight is 395 g/mol. The number of nitrogens with zero attached hydrogens (tertiary/aromatic N) is 4. The Morgan fingerprint density at radius 2 is 1.86 bits per heavy atom. The molecule has 6 nitrogen and oxygen atoms in total. The zero-order valence-electron chi connectivity index (χ0n) is 15.7. The molecule has 0 unspecified atom stereocenters. The molecule has 1 aromatic carbocycles. The highest BCUT2D eigenvalue weighted by Gasteiger charge is 2.22. The first-order valence-corrected chi connectivity index (χ1v) is 10.1. The largest absolute Gasteiger partial charge is 0.496 e. The highest BCUT2D eigenvalue weighted by atomic mass is 32.1. The molecule has 1 aliphatic rings. The molecule has 4 rings (SSSR count). The first-order valence-electron chi connectivity index (χ1n) is 9.27. The lowest BCUT2D eigenvalue weighted by Gasteiger charge is -2.35. The summed E-state index contributed by atoms with van der Waals surface area (Å²) in [4.78, 5) is 17.7. The summed E-state index contributed by atoms with van der Waals surface area (Å²) < 4.78 is 5.40. The first-order chi connectivity index (χ1) is 13.7. The summed E-state index contributed by atoms with van der Waals surface area (Å²) in [5.74, 6) is 1.81. The van der Waals surface area contributed by atoms with Gasteiger partial charge in [0.2, 0.25) is 5.91 Å². The van der Waals surface area contributed by atoms with E-state index in [0.29, 0.717) is 19.5 Å². The Morgan fingerprint density at radius 1 is 1.04 bits per heavy atom. The molecular weight excluding hydrogens is 372 g/mol. The Bertz CT molecular complexity index is 920. The van der Waals surface area contributed by atoms with Gasteiger partial charge in [0.25, 0.3) is 0 Å². The Morgan fingerprint density at radius 3 is 2.54 bits per heavy atom. The van der Waals surface area contributed by atoms with Crippen LogP contribution in [0.1, 0.15) is 4.88 Å². The van der Waals surface area contributed by atoms with Gasteiger partial charge in [0.15, 0.2) is 5.82 Å². The molecule has 0 N–H and O–H groups in total. The van der Waals surface area contributed by atoms with Crippen LogP contribution in [0.2, 0.25) is 0 Å². The molecule has 7 heteroatoms. The van der Waals surface area contributed by atoms with Crippen LogP contribution in [0.3, 0.4) is 0 Å². The van der Waals surface area contributed by atoms with Gasteiger partial charge in [-0.05, 0) is 35.7 Å². The Hall–Kier alpha value is -2.93. The van der Waals surface area contributed by atoms with Crippen LogP contribution in [0.4, 0.5) is 5.82 Å². The van der Waals surface area contributed by atoms with Crippen LogP contribution in [0.5, 0.6) is 5.75 Å². The topological polar surface area (TPSA) is 58.6 Å². The zero-order valence-corrected chi connectivity index (χ0v) is 16.6. The number of rotatable bonds is 5. The summed E-state index contributed by atoms with van der Waals surface area (Å²) in [7, 11) is 1.65. The minimum atomic E-state index is 0.194. The lowest BCUT2D eigenvalue weighted by molar-refractivity contribution is -0.130. The van der Waals surface area contributed by atoms with E-state index in [2.05, 4.69) is 15.1 Å². The third-order valence-corrected chi connectivity index (χ3v) is 5.77. The number of hydrogen-bond acceptors (Lipinski definition) is 6. The van der Waals surface area contributed by atoms with E-state index in [1.165, 1.54) is 0 Å². The average Bonchev–Trinajstić information content (AvgIpc) is 3.27. The molecule has 1 aliphatic heterocycles. The number of amides is 1. The number of thiophene rings is 1. The predicted molar refractivity (Wildman–Crippen MR) is 111 cm³/mol. The third-order valence-electron chi connectivity index (χ3n) is 4.90. The van der Waals surface area contributed by atoms with Gasteiger partial charge in [-0.2, -0.15) is 0 Å². The van der Waals surface area contributed by atoms with E-state index in [-0.39, 0.29) is 5.91 Å². The van der Waals surface area contributed by atoms with E-state index in [1.54, 1.807) is 18.4 Å². The third kappa shape index (κ3) is 3.99. The van der Waals surface area contributed by atoms with Gasteiger partial charge in [-0.1, -0.05) is 18.2 Å². The van der Waals surface area contributed by atoms with Crippen molar-refractivity contribution in [2.24, 2.45) is 0 Å². The minimum Gasteiger partial charge on any atom is -0.496 e. The fraction of sp³-hybridized carbons (Fsp3) is 0.286. The molecule has 0 atom stereocenters. The van der Waals surface area contributed by atoms with E-state index in [0.717, 1.165) is 40.8 Å². The molecule has 0 bridgehead atoms. The number of ether oxygens (including phenoxy) is 1. The minimum absolute atomic E-state index is 0.194. The van der Waals surface area contributed by atoms with Gasteiger partial charge in [-0.3, -0.25) is 4.79 Å². The van der Waals surface area contributed by atoms with Crippen LogP contribution < -0.4 is 9.64 Å². The van der Waals surface area contributed by atoms with Crippen molar-refractivity contribution in [3.8, 4) is 17.0 Å². The van der Waals surface area contributed by atoms with Crippen LogP contribution >= 0.6 is 11.3 Å². The van der Waals surface area contributed by atoms with E-state index < -0.39 is 0 Å². The SMILES string of the molecule is COc1ccccc1-c1ccc(N2CCN(C(=O)Cc3cccs3)CC2)nn1. The monoisotopic (exact) mass is 394 g/mol. The van der Waals surface area contributed by atoms with E-state index in [4.69, 9.17) is 4.74 Å². The number of anilines is 1. The molecule has 0 aliphatic carbocycles. The van der Waals surface area contributed by atoms with Gasteiger partial charge >= 0.3 is 0 Å². The van der Waals surface area contributed by atoms with Gasteiger partial charge in [-0.25, -0.2) is 0 Å². The summed E-state index contributed by atoms with van der Waals surface area (Å²) in [6, 6.07) is 15.7. The molecule has 28 heavy (non-hydrogen) atoms. The normalized spacial score (nSPS) is 14.2. The molecule has 3 heterocycles. The van der Waals surface area contributed by atoms with Crippen molar-refractivity contribution in [2.45, 2.75) is 6.42 Å². The molecule has 1 amide bonds. The number of carbonyl (C=O) groups excluding carboxylic acids is 1. The van der Waals surface area contributed by atoms with Crippen LogP contribution in [0.15, 0.2) is 53.9 Å². The van der Waals surface area contributed by atoms with Crippen LogP contribution in [0.25, 0.3) is 11.3 Å². The van der Waals surface area contributed by atoms with Crippen LogP contribution in [-0.4, -0.2) is 54.3 Å². The summed E-state index contributed by atoms with van der Waals surface area (Å²) in [5.41, 5.74) is 1.71. The van der Waals surface area contributed by atoms with Crippen molar-refractivity contribution in [3.63, 3.8) is 0 Å². The van der Waals surface area contributed by atoms with Crippen molar-refractivity contribution < 1.29 is 9.53 Å². The molecular formula is C21H22N4O2S. The molecule has 144 valence electrons. The molecule has 0 saturated carbocycles. The Balaban J connectivity index is 1.38. The van der Waals surface area contributed by atoms with Crippen molar-refractivity contribution in [2.75, 3.05) is 38.2 Å². The number of hydrogen-bond donors (Lipinski definition) is 0. The molecule has 1 fully saturated rings. The Kier molecular flexibility index (Phi) is 5.53. The van der Waals surface area contributed by atoms with Crippen molar-refractivity contribution in [1.29, 1.82) is 0 Å². The van der Waals surface area contributed by atoms with Gasteiger partial charge in [-0.15, -0.1) is 21.5 Å². The molecule has 0 radical (unpaired) electrons. The predicted octanol–water partition coefficient (Wildman–Crippen LogP) is 3.11. The van der Waals surface area contributed by atoms with E-state index in [9.17, 15) is 4.79 Å². The molecule has 3 aromatic rings. The van der Waals surface area contributed by atoms with Crippen molar-refractivity contribution in [3.05, 3.63) is 58.8 Å². The highest BCUT2D eigenvalue weighted by molar-refractivity contribution is 7.10. The maximum Gasteiger partial charge on any atom is 0.227 e. The maximum atomic E-state index is 12.4. The van der Waals surface area contributed by atoms with Crippen molar-refractivity contribution >= 4 is 23.1 Å². The van der Waals surface area contributed by atoms with Gasteiger partial charge in [0.1, 0.15) is 5.75 Å². The number of methoxy groups -OCH3 is 1. The number of para-hydroxylation sites is 1. The first kappa shape index (κ1) is 18.4. The standard InChI is InChI=1S/C21H22N4O2S/c1-27-19-7-3-2-6-17(19)18-8-9-20(23-22-18)24-10-12-25(13-11-24)21(26)15-16-5-4-14-28-16/h2-9,14H,10-13,15H2,1H3. The number of aromatic nitrogens is 2. The van der Waals surface area contributed by atoms with Gasteiger partial charge in [0, 0.05) is 36.6 Å². The van der Waals surface area contributed by atoms with E-state index >= 15 is 0 Å². The second kappa shape index (κ2) is 8.39. The fourth-order valence-electron chi connectivity index (χ4n) is 3.35. The van der Waals surface area contributed by atoms with Gasteiger partial charge < -0.3 is 14.5 Å². The molecule has 0 spiro atoms. The summed E-state index contributed by atoms with van der Waals surface area (Å²) in [5, 5.41) is 10.8.